The van der Waals surface area contributed by atoms with Gasteiger partial charge in [-0.05, 0) is 292 Å². The van der Waals surface area contributed by atoms with E-state index in [0.29, 0.717) is 157 Å². The number of ketones is 6. The number of methoxy groups -OCH3 is 2. The van der Waals surface area contributed by atoms with Gasteiger partial charge in [0.25, 0.3) is 6.47 Å². The van der Waals surface area contributed by atoms with Crippen LogP contribution in [0.25, 0.3) is 12.2 Å². The molecule has 0 unspecified atom stereocenters. The molecule has 0 aliphatic heterocycles. The Bertz CT molecular complexity index is 6860. The zero-order valence-electron chi connectivity index (χ0n) is 81.7. The molecule has 0 atom stereocenters. The van der Waals surface area contributed by atoms with Gasteiger partial charge >= 0.3 is 156 Å². The molecule has 0 aromatic heterocycles. The van der Waals surface area contributed by atoms with Crippen LogP contribution in [0.2, 0.25) is 30.1 Å². The summed E-state index contributed by atoms with van der Waals surface area (Å²) in [5.41, 5.74) is 19.2. The van der Waals surface area contributed by atoms with E-state index in [9.17, 15) is 52.7 Å². The molecule has 25 nitrogen and oxygen atoms in total. The number of rotatable bonds is 23. The summed E-state index contributed by atoms with van der Waals surface area (Å²) in [4.78, 5) is 137. The minimum atomic E-state index is -0.963. The van der Waals surface area contributed by atoms with E-state index in [2.05, 4.69) is 30.3 Å². The van der Waals surface area contributed by atoms with Crippen LogP contribution in [0, 0.1) is 0 Å². The van der Waals surface area contributed by atoms with E-state index in [1.165, 1.54) is 14.2 Å². The van der Waals surface area contributed by atoms with E-state index in [0.717, 1.165) is 127 Å². The first-order chi connectivity index (χ1) is 68.8. The normalized spacial score (nSPS) is 12.3. The molecule has 5 aliphatic carbocycles. The van der Waals surface area contributed by atoms with Crippen molar-refractivity contribution in [1.29, 1.82) is 0 Å². The van der Waals surface area contributed by atoms with Crippen LogP contribution in [0.3, 0.4) is 0 Å². The summed E-state index contributed by atoms with van der Waals surface area (Å²) in [6.07, 6.45) is 9.99. The predicted octanol–water partition coefficient (Wildman–Crippen LogP) is 15.0. The average molecular weight is 2230 g/mol. The van der Waals surface area contributed by atoms with Gasteiger partial charge in [0.05, 0.1) is 36.5 Å². The second kappa shape index (κ2) is 63.7. The third-order valence-corrected chi connectivity index (χ3v) is 24.0. The monoisotopic (exact) mass is 2230 g/mol. The Hall–Kier alpha value is -10.2. The van der Waals surface area contributed by atoms with E-state index >= 15 is 0 Å². The van der Waals surface area contributed by atoms with Crippen LogP contribution in [0.5, 0.6) is 28.7 Å². The molecule has 0 heterocycles. The number of phenols is 1. The van der Waals surface area contributed by atoms with Crippen molar-refractivity contribution in [3.05, 3.63) is 436 Å². The number of ether oxygens (including phenoxy) is 6. The number of aromatic hydroxyl groups is 1. The van der Waals surface area contributed by atoms with Crippen molar-refractivity contribution < 1.29 is 256 Å². The minimum Gasteiger partial charge on any atom is -1.00 e. The first-order valence-corrected chi connectivity index (χ1v) is 47.3. The maximum atomic E-state index is 12.8. The number of carbonyl (C=O) groups is 12. The molecule has 0 fully saturated rings. The zero-order valence-corrected chi connectivity index (χ0v) is 95.0. The number of hydrogen-bond donors (Lipinski definition) is 4. The van der Waals surface area contributed by atoms with Gasteiger partial charge in [0.15, 0.2) is 34.7 Å². The van der Waals surface area contributed by atoms with Gasteiger partial charge in [0, 0.05) is 131 Å². The van der Waals surface area contributed by atoms with Crippen LogP contribution in [-0.4, -0.2) is 119 Å². The summed E-state index contributed by atoms with van der Waals surface area (Å²) in [6, 6.07) is 77.0. The number of phenolic OH excluding ortho intramolecular Hbond substituents is 1. The largest absolute Gasteiger partial charge is 1.00 e. The number of aldehydes is 1. The third kappa shape index (κ3) is 38.6. The molecule has 0 bridgehead atoms. The van der Waals surface area contributed by atoms with Crippen LogP contribution < -0.4 is 157 Å². The Balaban J connectivity index is 0.000000309. The van der Waals surface area contributed by atoms with Crippen LogP contribution in [-0.2, 0) is 83.0 Å². The van der Waals surface area contributed by atoms with Crippen molar-refractivity contribution >= 4 is 169 Å². The van der Waals surface area contributed by atoms with Crippen LogP contribution >= 0.6 is 85.5 Å². The van der Waals surface area contributed by atoms with Crippen molar-refractivity contribution in [3.8, 4) is 28.7 Å². The molecular weight excluding hydrogens is 2140 g/mol. The third-order valence-electron chi connectivity index (χ3n) is 22.0. The van der Waals surface area contributed by atoms with Crippen molar-refractivity contribution in [2.75, 3.05) is 21.3 Å². The fourth-order valence-corrected chi connectivity index (χ4v) is 16.9. The molecule has 5 aliphatic rings. The summed E-state index contributed by atoms with van der Waals surface area (Å²) in [6.45, 7) is 3.14. The number of fused-ring (bicyclic) bond motifs is 5. The number of hydrogen-bond acceptors (Lipinski definition) is 23. The molecule has 13 aromatic rings. The molecule has 0 saturated carbocycles. The summed E-state index contributed by atoms with van der Waals surface area (Å²) >= 11 is 38.7. The maximum absolute atomic E-state index is 12.8. The number of esters is 2. The molecule has 0 spiro atoms. The fraction of sp³-hybridized carbons (Fsp3) is 0.161. The molecule has 147 heavy (non-hydrogen) atoms. The van der Waals surface area contributed by atoms with Crippen molar-refractivity contribution in [2.45, 2.75) is 96.5 Å². The Kier molecular flexibility index (Phi) is 54.3. The molecule has 0 saturated heterocycles. The Morgan fingerprint density at radius 3 is 0.932 bits per heavy atom. The van der Waals surface area contributed by atoms with Gasteiger partial charge in [-0.15, -0.1) is 0 Å². The molecule has 13 aromatic carbocycles. The van der Waals surface area contributed by atoms with Crippen molar-refractivity contribution in [1.82, 2.24) is 0 Å². The summed E-state index contributed by atoms with van der Waals surface area (Å²) in [7, 11) is 3.73. The summed E-state index contributed by atoms with van der Waals surface area (Å²) in [5.74, 6) is 1.25. The number of halogens is 7. The second-order valence-corrected chi connectivity index (χ2v) is 35.0. The number of aliphatic hydroxyl groups excluding tert-OH is 1. The van der Waals surface area contributed by atoms with E-state index < -0.39 is 11.9 Å². The van der Waals surface area contributed by atoms with Gasteiger partial charge in [-0.25, -0.2) is 19.2 Å². The Morgan fingerprint density at radius 2 is 0.646 bits per heavy atom. The summed E-state index contributed by atoms with van der Waals surface area (Å²) in [5, 5.41) is 46.2. The van der Waals surface area contributed by atoms with E-state index in [1.807, 2.05) is 122 Å². The number of carboxylic acid groups (broad SMARTS) is 2. The molecule has 0 amide bonds. The molecule has 0 radical (unpaired) electrons. The number of alkyl halides is 1. The average Bonchev–Trinajstić information content (AvgIpc) is 1.65. The van der Waals surface area contributed by atoms with E-state index in [4.69, 9.17) is 119 Å². The first-order valence-electron chi connectivity index (χ1n) is 43.9. The minimum absolute atomic E-state index is 0. The first kappa shape index (κ1) is 125. The van der Waals surface area contributed by atoms with Crippen molar-refractivity contribution in [3.63, 3.8) is 0 Å². The maximum Gasteiger partial charge on any atom is 1.00 e. The smallest absolute Gasteiger partial charge is 1.00 e. The van der Waals surface area contributed by atoms with Crippen LogP contribution in [0.1, 0.15) is 215 Å². The van der Waals surface area contributed by atoms with Gasteiger partial charge in [-0.2, -0.15) is 0 Å². The number of carboxylic acids is 2. The number of aryl methyl sites for hydroxylation is 3. The Morgan fingerprint density at radius 1 is 0.374 bits per heavy atom. The summed E-state index contributed by atoms with van der Waals surface area (Å²) < 4.78 is 32.4. The second-order valence-electron chi connectivity index (χ2n) is 31.8. The quantitative estimate of drug-likeness (QED) is 0.00675. The predicted molar refractivity (Wildman–Crippen MR) is 550 cm³/mol. The fourth-order valence-electron chi connectivity index (χ4n) is 14.9. The standard InChI is InChI=1S/C26H20Cl2O3.C24H16Cl2O4.C18H16O4.C17H14O4.C9H9BrO2.C9H8O2.C7H4Cl2O.CH2O3.CH4O.2K.Na.H2O.H/c1-2-25(29)18-5-3-16(4-6-18)15-31-23-7-8-24-19(13-23)12-20(26(24)30)9-17-10-21(27)14-22(28)11-17;25-19-8-15(9-20(26)12-19)7-18-10-17-11-21(5-6-22(17)23(18)27)30-13-14-1-3-16(4-2-14)24(28)29;1-21-18(20)13-4-2-12(3-5-13)11-22-15-7-8-16-14(10-15)6-9-17(16)19;18-16-8-5-13-9-14(6-7-15(13)16)21-10-11-1-3-12(4-2-11)17(19)20;1-12-9(11)8-4-2-7(6-10)3-5-8;10-7-2-3-8-6(5-7)1-4-9(8)11;8-6-1-5(4-10)2-7(9)3-6;2-1-4-3;1-2;;;;;/h3-11,13-14H,2,12,15H2,1H3;1-9,11-12H,10,13H2,(H,28,29);2-5,7-8,10H,6,9,11H2,1H3;1-4,6-7,9H,5,8,10H2,(H,19,20);2-5H,6H2,1H3;2-3,5,10H,1,4H2;1-4H;1,3H;2H,1H3;;;;1H2;/q;;;;;;;;;3*+1;;-1/p-2/b20-9+;18-7+;;;;;;;;;;;;. The molecule has 5 N–H and O–H groups in total. The number of allylic oxidation sites excluding steroid dienone is 2. The van der Waals surface area contributed by atoms with Gasteiger partial charge in [-0.1, -0.05) is 165 Å². The van der Waals surface area contributed by atoms with Crippen LogP contribution in [0.4, 0.5) is 0 Å². The van der Waals surface area contributed by atoms with Gasteiger partial charge < -0.3 is 65.9 Å². The number of aliphatic hydroxyl groups is 1. The molecule has 35 heteroatoms. The number of aromatic carboxylic acids is 2. The molecule has 18 rings (SSSR count). The van der Waals surface area contributed by atoms with E-state index in [1.54, 1.807) is 164 Å². The Labute approximate surface area is 995 Å². The topological polar surface area (TPSA) is 403 Å². The number of Topliss-reactive ketones (excluding diaryl/α,β-unsaturated/α-hetero) is 6. The van der Waals surface area contributed by atoms with Crippen molar-refractivity contribution in [2.24, 2.45) is 0 Å². The number of benzene rings is 13. The van der Waals surface area contributed by atoms with E-state index in [-0.39, 0.29) is 209 Å². The van der Waals surface area contributed by atoms with Gasteiger partial charge in [0.1, 0.15) is 61.5 Å². The van der Waals surface area contributed by atoms with Gasteiger partial charge in [0.2, 0.25) is 0 Å². The SMILES string of the molecule is CCC(=O)c1ccc(COc2ccc3c(c2)C/C(=C\c2cc(Cl)cc(Cl)c2)C3=O)cc1.CO.COC(=O)c1ccc(CBr)cc1.COC(=O)c1ccc(COc2ccc3c(c2)CCC3=O)cc1.O=C(O)c1ccc(COc2ccc3c(c2)C/C(=C\c2cc(Cl)cc(Cl)c2)C3=O)cc1.O=C(O)c1ccc(COc2ccc3c(c2)CCC3=O)cc1.O=C1CCc2cc(O)ccc21.O=CO[O-].O=Cc1cc(Cl)cc(Cl)c1.[H-].[K+].[K+].[Na+].[OH-]. The zero-order chi connectivity index (χ0) is 103. The van der Waals surface area contributed by atoms with Crippen LogP contribution in [0.15, 0.2) is 278 Å². The number of carbonyl (C=O) groups excluding carboxylic acids is 10. The molecular formula is C112H94BrCl6K2NaO25. The molecule has 744 valence electrons. The van der Waals surface area contributed by atoms with Gasteiger partial charge in [-0.3, -0.25) is 38.4 Å².